The molecule has 0 unspecified atom stereocenters. The van der Waals surface area contributed by atoms with E-state index in [-0.39, 0.29) is 11.8 Å². The molecule has 132 valence electrons. The van der Waals surface area contributed by atoms with Crippen molar-refractivity contribution < 1.29 is 9.59 Å². The molecule has 0 spiro atoms. The van der Waals surface area contributed by atoms with Gasteiger partial charge in [0, 0.05) is 31.7 Å². The summed E-state index contributed by atoms with van der Waals surface area (Å²) in [5.41, 5.74) is 2.00. The molecule has 3 rings (SSSR count). The molecule has 0 aliphatic carbocycles. The minimum atomic E-state index is -0.475. The molecule has 1 aromatic heterocycles. The average molecular weight is 358 g/mol. The first-order valence-electron chi connectivity index (χ1n) is 8.16. The number of rotatable bonds is 4. The maximum atomic E-state index is 12.6. The Kier molecular flexibility index (Phi) is 4.85. The van der Waals surface area contributed by atoms with Crippen LogP contribution in [0.25, 0.3) is 5.69 Å². The molecule has 1 saturated heterocycles. The van der Waals surface area contributed by atoms with Gasteiger partial charge in [0.25, 0.3) is 0 Å². The number of aromatic nitrogens is 2. The molecular weight excluding hydrogens is 336 g/mol. The molecule has 1 fully saturated rings. The number of benzene rings is 1. The fourth-order valence-corrected chi connectivity index (χ4v) is 3.66. The average Bonchev–Trinajstić information content (AvgIpc) is 3.12. The van der Waals surface area contributed by atoms with E-state index in [1.807, 2.05) is 50.4 Å². The van der Waals surface area contributed by atoms with Crippen molar-refractivity contribution in [3.63, 3.8) is 0 Å². The number of amides is 2. The normalized spacial score (nSPS) is 19.3. The number of thioether (sulfide) groups is 1. The van der Waals surface area contributed by atoms with Crippen LogP contribution in [0.15, 0.2) is 42.7 Å². The smallest absolute Gasteiger partial charge is 0.246 e. The standard InChI is InChI=1S/C18H22N4O2S/c1-18(2)17(24)20-15(12-25-18)16(23)21(3)11-13-5-7-14(8-6-13)22-10-4-9-19-22/h4-10,15H,11-12H2,1-3H3,(H,20,24)/t15-/m1/s1. The maximum Gasteiger partial charge on any atom is 0.246 e. The van der Waals surface area contributed by atoms with Crippen LogP contribution in [0, 0.1) is 0 Å². The van der Waals surface area contributed by atoms with Gasteiger partial charge in [-0.1, -0.05) is 12.1 Å². The van der Waals surface area contributed by atoms with E-state index in [1.54, 1.807) is 22.8 Å². The van der Waals surface area contributed by atoms with Gasteiger partial charge >= 0.3 is 0 Å². The van der Waals surface area contributed by atoms with Crippen LogP contribution in [0.4, 0.5) is 0 Å². The van der Waals surface area contributed by atoms with Gasteiger partial charge in [0.15, 0.2) is 0 Å². The van der Waals surface area contributed by atoms with E-state index in [9.17, 15) is 9.59 Å². The summed E-state index contributed by atoms with van der Waals surface area (Å²) in [6.45, 7) is 4.25. The summed E-state index contributed by atoms with van der Waals surface area (Å²) in [5, 5.41) is 7.03. The molecule has 1 N–H and O–H groups in total. The van der Waals surface area contributed by atoms with Gasteiger partial charge in [-0.05, 0) is 37.6 Å². The molecule has 6 nitrogen and oxygen atoms in total. The van der Waals surface area contributed by atoms with E-state index in [2.05, 4.69) is 10.4 Å². The highest BCUT2D eigenvalue weighted by Gasteiger charge is 2.38. The summed E-state index contributed by atoms with van der Waals surface area (Å²) in [4.78, 5) is 26.3. The van der Waals surface area contributed by atoms with E-state index < -0.39 is 10.8 Å². The van der Waals surface area contributed by atoms with Crippen molar-refractivity contribution in [1.29, 1.82) is 0 Å². The lowest BCUT2D eigenvalue weighted by molar-refractivity contribution is -0.136. The Morgan fingerprint density at radius 3 is 2.72 bits per heavy atom. The second-order valence-electron chi connectivity index (χ2n) is 6.66. The van der Waals surface area contributed by atoms with Crippen molar-refractivity contribution in [1.82, 2.24) is 20.0 Å². The van der Waals surface area contributed by atoms with Gasteiger partial charge in [0.05, 0.1) is 10.4 Å². The number of carbonyl (C=O) groups is 2. The molecular formula is C18H22N4O2S. The Bertz CT molecular complexity index is 756. The Morgan fingerprint density at radius 2 is 2.12 bits per heavy atom. The minimum Gasteiger partial charge on any atom is -0.342 e. The number of likely N-dealkylation sites (N-methyl/N-ethyl adjacent to an activating group) is 1. The molecule has 1 aromatic carbocycles. The highest BCUT2D eigenvalue weighted by atomic mass is 32.2. The van der Waals surface area contributed by atoms with Gasteiger partial charge in [0.1, 0.15) is 6.04 Å². The maximum absolute atomic E-state index is 12.6. The van der Waals surface area contributed by atoms with Crippen LogP contribution in [0.2, 0.25) is 0 Å². The summed E-state index contributed by atoms with van der Waals surface area (Å²) >= 11 is 1.52. The quantitative estimate of drug-likeness (QED) is 0.906. The third-order valence-electron chi connectivity index (χ3n) is 4.26. The first kappa shape index (κ1) is 17.5. The molecule has 0 radical (unpaired) electrons. The van der Waals surface area contributed by atoms with Crippen LogP contribution in [0.1, 0.15) is 19.4 Å². The Labute approximate surface area is 151 Å². The van der Waals surface area contributed by atoms with Gasteiger partial charge in [-0.15, -0.1) is 11.8 Å². The fraction of sp³-hybridized carbons (Fsp3) is 0.389. The Morgan fingerprint density at radius 1 is 1.40 bits per heavy atom. The molecule has 1 aliphatic rings. The van der Waals surface area contributed by atoms with Crippen LogP contribution >= 0.6 is 11.8 Å². The molecule has 2 heterocycles. The summed E-state index contributed by atoms with van der Waals surface area (Å²) in [7, 11) is 1.76. The Hall–Kier alpha value is -2.28. The van der Waals surface area contributed by atoms with Crippen LogP contribution in [0.3, 0.4) is 0 Å². The molecule has 0 saturated carbocycles. The first-order valence-corrected chi connectivity index (χ1v) is 9.14. The van der Waals surface area contributed by atoms with Crippen LogP contribution in [-0.2, 0) is 16.1 Å². The third-order valence-corrected chi connectivity index (χ3v) is 5.67. The van der Waals surface area contributed by atoms with Crippen molar-refractivity contribution in [3.05, 3.63) is 48.3 Å². The minimum absolute atomic E-state index is 0.0625. The van der Waals surface area contributed by atoms with Gasteiger partial charge in [0.2, 0.25) is 11.8 Å². The molecule has 1 atom stereocenters. The predicted octanol–water partition coefficient (Wildman–Crippen LogP) is 1.84. The summed E-state index contributed by atoms with van der Waals surface area (Å²) in [6.07, 6.45) is 3.62. The summed E-state index contributed by atoms with van der Waals surface area (Å²) < 4.78 is 1.31. The number of hydrogen-bond acceptors (Lipinski definition) is 4. The lowest BCUT2D eigenvalue weighted by Crippen LogP contribution is -2.57. The van der Waals surface area contributed by atoms with Crippen molar-refractivity contribution in [2.75, 3.05) is 12.8 Å². The van der Waals surface area contributed by atoms with Crippen LogP contribution in [0.5, 0.6) is 0 Å². The van der Waals surface area contributed by atoms with Crippen molar-refractivity contribution in [3.8, 4) is 5.69 Å². The lowest BCUT2D eigenvalue weighted by Gasteiger charge is -2.34. The third kappa shape index (κ3) is 3.87. The van der Waals surface area contributed by atoms with E-state index in [0.717, 1.165) is 11.3 Å². The first-order chi connectivity index (χ1) is 11.9. The highest BCUT2D eigenvalue weighted by Crippen LogP contribution is 2.29. The van der Waals surface area contributed by atoms with Gasteiger partial charge in [-0.25, -0.2) is 4.68 Å². The summed E-state index contributed by atoms with van der Waals surface area (Å²) in [6, 6.07) is 9.33. The largest absolute Gasteiger partial charge is 0.342 e. The second-order valence-corrected chi connectivity index (χ2v) is 8.30. The Balaban J connectivity index is 1.61. The van der Waals surface area contributed by atoms with Crippen molar-refractivity contribution >= 4 is 23.6 Å². The van der Waals surface area contributed by atoms with Gasteiger partial charge in [-0.3, -0.25) is 9.59 Å². The molecule has 7 heteroatoms. The van der Waals surface area contributed by atoms with Crippen LogP contribution in [-0.4, -0.2) is 50.1 Å². The van der Waals surface area contributed by atoms with E-state index in [1.165, 1.54) is 11.8 Å². The zero-order valence-corrected chi connectivity index (χ0v) is 15.4. The highest BCUT2D eigenvalue weighted by molar-refractivity contribution is 8.01. The van der Waals surface area contributed by atoms with Crippen LogP contribution < -0.4 is 5.32 Å². The lowest BCUT2D eigenvalue weighted by atomic mass is 10.1. The van der Waals surface area contributed by atoms with Gasteiger partial charge in [-0.2, -0.15) is 5.10 Å². The van der Waals surface area contributed by atoms with E-state index >= 15 is 0 Å². The molecule has 1 aliphatic heterocycles. The predicted molar refractivity (Wildman–Crippen MR) is 98.5 cm³/mol. The molecule has 0 bridgehead atoms. The molecule has 2 amide bonds. The zero-order chi connectivity index (χ0) is 18.0. The monoisotopic (exact) mass is 358 g/mol. The van der Waals surface area contributed by atoms with E-state index in [0.29, 0.717) is 12.3 Å². The second kappa shape index (κ2) is 6.92. The number of nitrogens with zero attached hydrogens (tertiary/aromatic N) is 3. The fourth-order valence-electron chi connectivity index (χ4n) is 2.66. The zero-order valence-electron chi connectivity index (χ0n) is 14.6. The number of nitrogens with one attached hydrogen (secondary N) is 1. The van der Waals surface area contributed by atoms with Crippen molar-refractivity contribution in [2.45, 2.75) is 31.2 Å². The van der Waals surface area contributed by atoms with E-state index in [4.69, 9.17) is 0 Å². The molecule has 25 heavy (non-hydrogen) atoms. The SMILES string of the molecule is CN(Cc1ccc(-n2cccn2)cc1)C(=O)[C@H]1CSC(C)(C)C(=O)N1. The summed E-state index contributed by atoms with van der Waals surface area (Å²) in [5.74, 6) is 0.451. The van der Waals surface area contributed by atoms with Crippen molar-refractivity contribution in [2.24, 2.45) is 0 Å². The van der Waals surface area contributed by atoms with Gasteiger partial charge < -0.3 is 10.2 Å². The molecule has 2 aromatic rings. The number of carbonyl (C=O) groups excluding carboxylic acids is 2. The number of hydrogen-bond donors (Lipinski definition) is 1. The topological polar surface area (TPSA) is 67.2 Å².